The van der Waals surface area contributed by atoms with E-state index in [1.54, 1.807) is 0 Å². The van der Waals surface area contributed by atoms with E-state index in [0.717, 1.165) is 18.6 Å². The fraction of sp³-hybridized carbons (Fsp3) is 0.375. The van der Waals surface area contributed by atoms with Gasteiger partial charge in [0.15, 0.2) is 5.11 Å². The Morgan fingerprint density at radius 2 is 1.81 bits per heavy atom. The van der Waals surface area contributed by atoms with Gasteiger partial charge in [0.05, 0.1) is 19.6 Å². The molecule has 2 aromatic rings. The molecule has 6 nitrogen and oxygen atoms in total. The van der Waals surface area contributed by atoms with Gasteiger partial charge >= 0.3 is 5.97 Å². The number of aryl methyl sites for hydroxylation is 1. The first-order valence-corrected chi connectivity index (χ1v) is 10.9. The Balaban J connectivity index is 1.62. The van der Waals surface area contributed by atoms with Crippen molar-refractivity contribution in [2.24, 2.45) is 5.92 Å². The number of anilines is 1. The van der Waals surface area contributed by atoms with E-state index in [4.69, 9.17) is 21.7 Å². The minimum absolute atomic E-state index is 0.0108. The highest BCUT2D eigenvalue weighted by atomic mass is 32.1. The molecule has 0 unspecified atom stereocenters. The molecule has 0 aromatic heterocycles. The molecule has 7 heteroatoms. The summed E-state index contributed by atoms with van der Waals surface area (Å²) in [5.74, 6) is 0.415. The minimum Gasteiger partial charge on any atom is -0.493 e. The summed E-state index contributed by atoms with van der Waals surface area (Å²) in [5.41, 5.74) is 1.92. The number of amides is 1. The molecule has 0 radical (unpaired) electrons. The third-order valence-electron chi connectivity index (χ3n) is 4.20. The molecule has 0 bridgehead atoms. The van der Waals surface area contributed by atoms with Gasteiger partial charge in [0.1, 0.15) is 5.75 Å². The van der Waals surface area contributed by atoms with Crippen LogP contribution in [0.25, 0.3) is 0 Å². The number of carbonyl (C=O) groups excluding carboxylic acids is 2. The standard InChI is InChI=1S/C24H30N2O4S/c1-18(2)17-30-21-12-6-11-20(16-21)25-24(31)26-22(27)13-14-23(28)29-15-7-10-19-8-4-3-5-9-19/h3-6,8-9,11-12,16,18H,7,10,13-15,17H2,1-2H3,(H2,25,26,27,31). The van der Waals surface area contributed by atoms with Crippen molar-refractivity contribution in [2.75, 3.05) is 18.5 Å². The van der Waals surface area contributed by atoms with E-state index in [1.807, 2.05) is 54.6 Å². The maximum absolute atomic E-state index is 12.0. The van der Waals surface area contributed by atoms with Crippen molar-refractivity contribution in [2.45, 2.75) is 39.5 Å². The lowest BCUT2D eigenvalue weighted by Crippen LogP contribution is -2.34. The molecule has 0 aliphatic carbocycles. The second kappa shape index (κ2) is 13.4. The first kappa shape index (κ1) is 24.3. The van der Waals surface area contributed by atoms with Crippen LogP contribution in [-0.2, 0) is 20.7 Å². The summed E-state index contributed by atoms with van der Waals surface area (Å²) in [6.07, 6.45) is 1.61. The fourth-order valence-corrected chi connectivity index (χ4v) is 2.90. The van der Waals surface area contributed by atoms with E-state index in [9.17, 15) is 9.59 Å². The molecule has 0 saturated carbocycles. The van der Waals surface area contributed by atoms with Crippen molar-refractivity contribution >= 4 is 34.9 Å². The molecule has 2 aromatic carbocycles. The van der Waals surface area contributed by atoms with Crippen LogP contribution in [0.3, 0.4) is 0 Å². The number of rotatable bonds is 11. The van der Waals surface area contributed by atoms with Gasteiger partial charge in [-0.3, -0.25) is 9.59 Å². The highest BCUT2D eigenvalue weighted by molar-refractivity contribution is 7.80. The number of ether oxygens (including phenoxy) is 2. The largest absolute Gasteiger partial charge is 0.493 e. The number of esters is 1. The number of hydrogen-bond acceptors (Lipinski definition) is 5. The van der Waals surface area contributed by atoms with Gasteiger partial charge in [0.2, 0.25) is 5.91 Å². The lowest BCUT2D eigenvalue weighted by molar-refractivity contribution is -0.145. The van der Waals surface area contributed by atoms with Crippen molar-refractivity contribution in [3.05, 3.63) is 60.2 Å². The first-order chi connectivity index (χ1) is 14.9. The van der Waals surface area contributed by atoms with E-state index in [2.05, 4.69) is 24.5 Å². The minimum atomic E-state index is -0.392. The van der Waals surface area contributed by atoms with Crippen molar-refractivity contribution in [1.82, 2.24) is 5.32 Å². The molecule has 0 saturated heterocycles. The molecule has 0 aliphatic rings. The van der Waals surface area contributed by atoms with E-state index >= 15 is 0 Å². The molecular formula is C24H30N2O4S. The Kier molecular flexibility index (Phi) is 10.5. The third-order valence-corrected chi connectivity index (χ3v) is 4.40. The zero-order valence-corrected chi connectivity index (χ0v) is 18.9. The van der Waals surface area contributed by atoms with Crippen LogP contribution in [0.4, 0.5) is 5.69 Å². The molecule has 2 N–H and O–H groups in total. The number of hydrogen-bond donors (Lipinski definition) is 2. The molecule has 0 heterocycles. The quantitative estimate of drug-likeness (QED) is 0.303. The lowest BCUT2D eigenvalue weighted by Gasteiger charge is -2.12. The van der Waals surface area contributed by atoms with Gasteiger partial charge in [-0.25, -0.2) is 0 Å². The average Bonchev–Trinajstić information content (AvgIpc) is 2.75. The zero-order valence-electron chi connectivity index (χ0n) is 18.1. The molecule has 1 amide bonds. The summed E-state index contributed by atoms with van der Waals surface area (Å²) in [4.78, 5) is 23.9. The number of carbonyl (C=O) groups is 2. The number of thiocarbonyl (C=S) groups is 1. The summed E-state index contributed by atoms with van der Waals surface area (Å²) in [6.45, 7) is 5.11. The van der Waals surface area contributed by atoms with Gasteiger partial charge in [0.25, 0.3) is 0 Å². The van der Waals surface area contributed by atoms with Gasteiger partial charge in [-0.05, 0) is 48.7 Å². The fourth-order valence-electron chi connectivity index (χ4n) is 2.67. The molecule has 166 valence electrons. The summed E-state index contributed by atoms with van der Waals surface area (Å²) < 4.78 is 10.9. The lowest BCUT2D eigenvalue weighted by atomic mass is 10.1. The summed E-state index contributed by atoms with van der Waals surface area (Å²) in [7, 11) is 0. The topological polar surface area (TPSA) is 76.7 Å². The van der Waals surface area contributed by atoms with Crippen molar-refractivity contribution < 1.29 is 19.1 Å². The zero-order chi connectivity index (χ0) is 22.5. The predicted molar refractivity (Wildman–Crippen MR) is 126 cm³/mol. The first-order valence-electron chi connectivity index (χ1n) is 10.5. The van der Waals surface area contributed by atoms with E-state index < -0.39 is 5.97 Å². The van der Waals surface area contributed by atoms with Gasteiger partial charge in [-0.2, -0.15) is 0 Å². The maximum Gasteiger partial charge on any atom is 0.306 e. The smallest absolute Gasteiger partial charge is 0.306 e. The molecule has 31 heavy (non-hydrogen) atoms. The van der Waals surface area contributed by atoms with Crippen LogP contribution >= 0.6 is 12.2 Å². The Labute approximate surface area is 189 Å². The molecule has 0 fully saturated rings. The van der Waals surface area contributed by atoms with Crippen LogP contribution in [0.5, 0.6) is 5.75 Å². The van der Waals surface area contributed by atoms with Crippen LogP contribution in [0.2, 0.25) is 0 Å². The van der Waals surface area contributed by atoms with Crippen LogP contribution in [0.1, 0.15) is 38.7 Å². The monoisotopic (exact) mass is 442 g/mol. The summed E-state index contributed by atoms with van der Waals surface area (Å²) in [6, 6.07) is 17.4. The normalized spacial score (nSPS) is 10.4. The molecule has 0 spiro atoms. The molecule has 0 atom stereocenters. The molecular weight excluding hydrogens is 412 g/mol. The Morgan fingerprint density at radius 3 is 2.55 bits per heavy atom. The van der Waals surface area contributed by atoms with Gasteiger partial charge < -0.3 is 20.1 Å². The third kappa shape index (κ3) is 10.6. The summed E-state index contributed by atoms with van der Waals surface area (Å²) in [5, 5.41) is 5.69. The van der Waals surface area contributed by atoms with Crippen LogP contribution < -0.4 is 15.4 Å². The predicted octanol–water partition coefficient (Wildman–Crippen LogP) is 4.49. The molecule has 2 rings (SSSR count). The van der Waals surface area contributed by atoms with E-state index in [-0.39, 0.29) is 23.9 Å². The SMILES string of the molecule is CC(C)COc1cccc(NC(=S)NC(=O)CCC(=O)OCCCc2ccccc2)c1. The van der Waals surface area contributed by atoms with Gasteiger partial charge in [-0.15, -0.1) is 0 Å². The Morgan fingerprint density at radius 1 is 1.03 bits per heavy atom. The number of benzene rings is 2. The Hall–Kier alpha value is -2.93. The van der Waals surface area contributed by atoms with Crippen LogP contribution in [0, 0.1) is 5.92 Å². The average molecular weight is 443 g/mol. The number of nitrogens with one attached hydrogen (secondary N) is 2. The second-order valence-electron chi connectivity index (χ2n) is 7.54. The Bertz CT molecular complexity index is 856. The maximum atomic E-state index is 12.0. The van der Waals surface area contributed by atoms with Gasteiger partial charge in [-0.1, -0.05) is 50.2 Å². The highest BCUT2D eigenvalue weighted by Gasteiger charge is 2.10. The van der Waals surface area contributed by atoms with E-state index in [0.29, 0.717) is 24.8 Å². The van der Waals surface area contributed by atoms with Crippen LogP contribution in [-0.4, -0.2) is 30.2 Å². The molecule has 0 aliphatic heterocycles. The van der Waals surface area contributed by atoms with E-state index in [1.165, 1.54) is 5.56 Å². The summed E-state index contributed by atoms with van der Waals surface area (Å²) >= 11 is 5.17. The second-order valence-corrected chi connectivity index (χ2v) is 7.95. The van der Waals surface area contributed by atoms with Gasteiger partial charge in [0, 0.05) is 18.2 Å². The van der Waals surface area contributed by atoms with Crippen LogP contribution in [0.15, 0.2) is 54.6 Å². The van der Waals surface area contributed by atoms with Crippen molar-refractivity contribution in [1.29, 1.82) is 0 Å². The van der Waals surface area contributed by atoms with Crippen molar-refractivity contribution in [3.63, 3.8) is 0 Å². The highest BCUT2D eigenvalue weighted by Crippen LogP contribution is 2.18. The van der Waals surface area contributed by atoms with Crippen molar-refractivity contribution in [3.8, 4) is 5.75 Å².